The SMILES string of the molecule is Clc1cccc(COCC2CO2)c1. The van der Waals surface area contributed by atoms with Crippen molar-refractivity contribution in [2.45, 2.75) is 12.7 Å². The number of hydrogen-bond donors (Lipinski definition) is 0. The van der Waals surface area contributed by atoms with Gasteiger partial charge in [-0.2, -0.15) is 0 Å². The van der Waals surface area contributed by atoms with E-state index < -0.39 is 0 Å². The topological polar surface area (TPSA) is 21.8 Å². The van der Waals surface area contributed by atoms with E-state index >= 15 is 0 Å². The molecule has 1 fully saturated rings. The number of ether oxygens (including phenoxy) is 2. The predicted molar refractivity (Wildman–Crippen MR) is 50.8 cm³/mol. The molecule has 0 saturated carbocycles. The Kier molecular flexibility index (Phi) is 2.83. The minimum atomic E-state index is 0.333. The minimum Gasteiger partial charge on any atom is -0.374 e. The van der Waals surface area contributed by atoms with Gasteiger partial charge < -0.3 is 9.47 Å². The Bertz CT molecular complexity index is 284. The summed E-state index contributed by atoms with van der Waals surface area (Å²) in [6, 6.07) is 7.69. The monoisotopic (exact) mass is 198 g/mol. The van der Waals surface area contributed by atoms with E-state index in [2.05, 4.69) is 0 Å². The van der Waals surface area contributed by atoms with Crippen LogP contribution < -0.4 is 0 Å². The Hall–Kier alpha value is -0.570. The number of halogens is 1. The Morgan fingerprint density at radius 2 is 2.38 bits per heavy atom. The van der Waals surface area contributed by atoms with E-state index in [4.69, 9.17) is 21.1 Å². The second-order valence-electron chi connectivity index (χ2n) is 3.10. The molecule has 1 aromatic rings. The molecule has 1 aliphatic rings. The molecule has 0 radical (unpaired) electrons. The first kappa shape index (κ1) is 9.00. The van der Waals surface area contributed by atoms with E-state index in [0.717, 1.165) is 17.2 Å². The summed E-state index contributed by atoms with van der Waals surface area (Å²) >= 11 is 5.82. The summed E-state index contributed by atoms with van der Waals surface area (Å²) < 4.78 is 10.4. The molecule has 1 aromatic carbocycles. The van der Waals surface area contributed by atoms with Crippen molar-refractivity contribution in [3.05, 3.63) is 34.9 Å². The van der Waals surface area contributed by atoms with Crippen molar-refractivity contribution in [3.8, 4) is 0 Å². The van der Waals surface area contributed by atoms with Gasteiger partial charge in [0.1, 0.15) is 6.10 Å². The highest BCUT2D eigenvalue weighted by molar-refractivity contribution is 6.30. The first-order chi connectivity index (χ1) is 6.34. The summed E-state index contributed by atoms with van der Waals surface area (Å²) in [6.45, 7) is 2.14. The number of rotatable bonds is 4. The van der Waals surface area contributed by atoms with E-state index in [0.29, 0.717) is 19.3 Å². The van der Waals surface area contributed by atoms with Crippen molar-refractivity contribution in [1.82, 2.24) is 0 Å². The molecule has 0 amide bonds. The van der Waals surface area contributed by atoms with Crippen molar-refractivity contribution < 1.29 is 9.47 Å². The summed E-state index contributed by atoms with van der Waals surface area (Å²) in [6.07, 6.45) is 0.333. The summed E-state index contributed by atoms with van der Waals surface area (Å²) in [5, 5.41) is 0.753. The van der Waals surface area contributed by atoms with Crippen molar-refractivity contribution in [2.75, 3.05) is 13.2 Å². The highest BCUT2D eigenvalue weighted by atomic mass is 35.5. The van der Waals surface area contributed by atoms with Crippen LogP contribution in [0.25, 0.3) is 0 Å². The molecule has 0 aliphatic carbocycles. The maximum absolute atomic E-state index is 5.82. The highest BCUT2D eigenvalue weighted by Gasteiger charge is 2.22. The minimum absolute atomic E-state index is 0.333. The van der Waals surface area contributed by atoms with Crippen LogP contribution in [-0.4, -0.2) is 19.3 Å². The molecule has 13 heavy (non-hydrogen) atoms. The van der Waals surface area contributed by atoms with Crippen molar-refractivity contribution in [3.63, 3.8) is 0 Å². The van der Waals surface area contributed by atoms with E-state index in [1.807, 2.05) is 24.3 Å². The smallest absolute Gasteiger partial charge is 0.104 e. The second kappa shape index (κ2) is 4.09. The average Bonchev–Trinajstić information content (AvgIpc) is 2.88. The lowest BCUT2D eigenvalue weighted by molar-refractivity contribution is 0.104. The number of epoxide rings is 1. The van der Waals surface area contributed by atoms with Gasteiger partial charge in [-0.3, -0.25) is 0 Å². The Labute approximate surface area is 82.4 Å². The Morgan fingerprint density at radius 3 is 3.08 bits per heavy atom. The molecular formula is C10H11ClO2. The predicted octanol–water partition coefficient (Wildman–Crippen LogP) is 2.26. The van der Waals surface area contributed by atoms with Crippen LogP contribution >= 0.6 is 11.6 Å². The molecule has 1 saturated heterocycles. The second-order valence-corrected chi connectivity index (χ2v) is 3.54. The van der Waals surface area contributed by atoms with E-state index in [1.54, 1.807) is 0 Å². The van der Waals surface area contributed by atoms with Crippen LogP contribution in [0.3, 0.4) is 0 Å². The normalized spacial score (nSPS) is 20.2. The van der Waals surface area contributed by atoms with Crippen LogP contribution in [0.1, 0.15) is 5.56 Å². The molecule has 1 heterocycles. The Balaban J connectivity index is 1.79. The van der Waals surface area contributed by atoms with Gasteiger partial charge in [0.15, 0.2) is 0 Å². The third kappa shape index (κ3) is 2.99. The van der Waals surface area contributed by atoms with E-state index in [9.17, 15) is 0 Å². The lowest BCUT2D eigenvalue weighted by atomic mass is 10.2. The number of hydrogen-bond acceptors (Lipinski definition) is 2. The molecule has 0 N–H and O–H groups in total. The fourth-order valence-electron chi connectivity index (χ4n) is 1.10. The molecule has 2 rings (SSSR count). The molecule has 1 atom stereocenters. The molecule has 1 unspecified atom stereocenters. The first-order valence-electron chi connectivity index (χ1n) is 4.28. The van der Waals surface area contributed by atoms with Gasteiger partial charge in [0, 0.05) is 5.02 Å². The van der Waals surface area contributed by atoms with Crippen LogP contribution in [0, 0.1) is 0 Å². The quantitative estimate of drug-likeness (QED) is 0.693. The van der Waals surface area contributed by atoms with E-state index in [-0.39, 0.29) is 0 Å². The summed E-state index contributed by atoms with van der Waals surface area (Å²) in [5.41, 5.74) is 1.10. The molecular weight excluding hydrogens is 188 g/mol. The third-order valence-corrected chi connectivity index (χ3v) is 2.10. The van der Waals surface area contributed by atoms with Crippen LogP contribution in [-0.2, 0) is 16.1 Å². The van der Waals surface area contributed by atoms with Crippen LogP contribution in [0.2, 0.25) is 5.02 Å². The van der Waals surface area contributed by atoms with Crippen molar-refractivity contribution in [1.29, 1.82) is 0 Å². The van der Waals surface area contributed by atoms with Gasteiger partial charge in [-0.05, 0) is 17.7 Å². The van der Waals surface area contributed by atoms with Crippen LogP contribution in [0.5, 0.6) is 0 Å². The Morgan fingerprint density at radius 1 is 1.54 bits per heavy atom. The van der Waals surface area contributed by atoms with Gasteiger partial charge in [-0.1, -0.05) is 23.7 Å². The van der Waals surface area contributed by atoms with Gasteiger partial charge >= 0.3 is 0 Å². The lowest BCUT2D eigenvalue weighted by Crippen LogP contribution is -2.01. The van der Waals surface area contributed by atoms with Crippen LogP contribution in [0.4, 0.5) is 0 Å². The maximum atomic E-state index is 5.82. The molecule has 0 spiro atoms. The van der Waals surface area contributed by atoms with Gasteiger partial charge in [0.05, 0.1) is 19.8 Å². The molecule has 0 bridgehead atoms. The maximum Gasteiger partial charge on any atom is 0.104 e. The summed E-state index contributed by atoms with van der Waals surface area (Å²) in [5.74, 6) is 0. The van der Waals surface area contributed by atoms with Crippen LogP contribution in [0.15, 0.2) is 24.3 Å². The average molecular weight is 199 g/mol. The van der Waals surface area contributed by atoms with Crippen molar-refractivity contribution >= 4 is 11.6 Å². The van der Waals surface area contributed by atoms with Crippen molar-refractivity contribution in [2.24, 2.45) is 0 Å². The zero-order chi connectivity index (χ0) is 9.10. The fraction of sp³-hybridized carbons (Fsp3) is 0.400. The molecule has 2 nitrogen and oxygen atoms in total. The standard InChI is InChI=1S/C10H11ClO2/c11-9-3-1-2-8(4-9)5-12-6-10-7-13-10/h1-4,10H,5-7H2. The molecule has 0 aromatic heterocycles. The molecule has 3 heteroatoms. The van der Waals surface area contributed by atoms with E-state index in [1.165, 1.54) is 0 Å². The largest absolute Gasteiger partial charge is 0.374 e. The fourth-order valence-corrected chi connectivity index (χ4v) is 1.31. The van der Waals surface area contributed by atoms with Gasteiger partial charge in [0.2, 0.25) is 0 Å². The molecule has 1 aliphatic heterocycles. The lowest BCUT2D eigenvalue weighted by Gasteiger charge is -2.02. The summed E-state index contributed by atoms with van der Waals surface area (Å²) in [4.78, 5) is 0. The molecule has 70 valence electrons. The van der Waals surface area contributed by atoms with Gasteiger partial charge in [-0.15, -0.1) is 0 Å². The zero-order valence-electron chi connectivity index (χ0n) is 7.20. The highest BCUT2D eigenvalue weighted by Crippen LogP contribution is 2.13. The van der Waals surface area contributed by atoms with Gasteiger partial charge in [0.25, 0.3) is 0 Å². The summed E-state index contributed by atoms with van der Waals surface area (Å²) in [7, 11) is 0. The first-order valence-corrected chi connectivity index (χ1v) is 4.66. The van der Waals surface area contributed by atoms with Gasteiger partial charge in [-0.25, -0.2) is 0 Å². The third-order valence-electron chi connectivity index (χ3n) is 1.86. The zero-order valence-corrected chi connectivity index (χ0v) is 7.96. The number of benzene rings is 1.